The van der Waals surface area contributed by atoms with Crippen LogP contribution in [0.2, 0.25) is 0 Å². The van der Waals surface area contributed by atoms with Gasteiger partial charge in [-0.05, 0) is 49.7 Å². The van der Waals surface area contributed by atoms with Gasteiger partial charge in [0.05, 0.1) is 0 Å². The smallest absolute Gasteiger partial charge is 0.226 e. The molecule has 116 valence electrons. The fourth-order valence-electron chi connectivity index (χ4n) is 2.32. The molecule has 0 heterocycles. The summed E-state index contributed by atoms with van der Waals surface area (Å²) in [6.07, 6.45) is 0.359. The summed E-state index contributed by atoms with van der Waals surface area (Å²) < 4.78 is 13.1. The molecule has 0 spiro atoms. The highest BCUT2D eigenvalue weighted by molar-refractivity contribution is 5.91. The Kier molecular flexibility index (Phi) is 5.53. The lowest BCUT2D eigenvalue weighted by Crippen LogP contribution is -2.27. The molecule has 2 aromatic carbocycles. The van der Waals surface area contributed by atoms with Crippen molar-refractivity contribution in [3.63, 3.8) is 0 Å². The van der Waals surface area contributed by atoms with Crippen molar-refractivity contribution in [3.05, 3.63) is 59.9 Å². The molecule has 0 aliphatic carbocycles. The Morgan fingerprint density at radius 2 is 1.95 bits per heavy atom. The average molecular weight is 300 g/mol. The summed E-state index contributed by atoms with van der Waals surface area (Å²) in [5.74, 6) is -0.468. The van der Waals surface area contributed by atoms with Gasteiger partial charge < -0.3 is 10.2 Å². The van der Waals surface area contributed by atoms with Crippen molar-refractivity contribution >= 4 is 17.3 Å². The van der Waals surface area contributed by atoms with E-state index < -0.39 is 0 Å². The summed E-state index contributed by atoms with van der Waals surface area (Å²) in [4.78, 5) is 14.1. The number of rotatable bonds is 6. The fourth-order valence-corrected chi connectivity index (χ4v) is 2.32. The highest BCUT2D eigenvalue weighted by Crippen LogP contribution is 2.16. The monoisotopic (exact) mass is 300 g/mol. The van der Waals surface area contributed by atoms with Gasteiger partial charge in [0.2, 0.25) is 5.91 Å². The third-order valence-electron chi connectivity index (χ3n) is 3.47. The zero-order valence-corrected chi connectivity index (χ0v) is 13.0. The first-order valence-electron chi connectivity index (χ1n) is 7.45. The molecule has 0 saturated carbocycles. The van der Waals surface area contributed by atoms with Crippen LogP contribution in [0.15, 0.2) is 48.5 Å². The minimum absolute atomic E-state index is 0.114. The summed E-state index contributed by atoms with van der Waals surface area (Å²) in [5, 5.41) is 2.72. The molecule has 0 radical (unpaired) electrons. The van der Waals surface area contributed by atoms with Crippen molar-refractivity contribution in [1.29, 1.82) is 0 Å². The van der Waals surface area contributed by atoms with Gasteiger partial charge in [0.1, 0.15) is 5.82 Å². The van der Waals surface area contributed by atoms with E-state index >= 15 is 0 Å². The molecule has 0 aliphatic heterocycles. The molecule has 0 aromatic heterocycles. The predicted molar refractivity (Wildman–Crippen MR) is 88.7 cm³/mol. The lowest BCUT2D eigenvalue weighted by molar-refractivity contribution is -0.116. The lowest BCUT2D eigenvalue weighted by atomic mass is 10.2. The molecule has 0 atom stereocenters. The Morgan fingerprint density at radius 1 is 1.18 bits per heavy atom. The van der Waals surface area contributed by atoms with E-state index in [4.69, 9.17) is 0 Å². The molecule has 2 rings (SSSR count). The second-order valence-electron chi connectivity index (χ2n) is 5.23. The quantitative estimate of drug-likeness (QED) is 0.875. The molecule has 1 amide bonds. The van der Waals surface area contributed by atoms with Crippen molar-refractivity contribution in [2.24, 2.45) is 0 Å². The van der Waals surface area contributed by atoms with Crippen LogP contribution in [0.25, 0.3) is 0 Å². The van der Waals surface area contributed by atoms with Crippen LogP contribution in [-0.4, -0.2) is 19.0 Å². The van der Waals surface area contributed by atoms with Crippen LogP contribution in [0.5, 0.6) is 0 Å². The molecular weight excluding hydrogens is 279 g/mol. The topological polar surface area (TPSA) is 32.3 Å². The van der Waals surface area contributed by atoms with Crippen molar-refractivity contribution in [1.82, 2.24) is 0 Å². The molecule has 0 saturated heterocycles. The van der Waals surface area contributed by atoms with Crippen LogP contribution in [-0.2, 0) is 4.79 Å². The van der Waals surface area contributed by atoms with Gasteiger partial charge >= 0.3 is 0 Å². The van der Waals surface area contributed by atoms with E-state index in [0.717, 1.165) is 12.2 Å². The maximum absolute atomic E-state index is 13.1. The van der Waals surface area contributed by atoms with E-state index in [-0.39, 0.29) is 11.7 Å². The van der Waals surface area contributed by atoms with Gasteiger partial charge in [-0.25, -0.2) is 4.39 Å². The molecule has 0 bridgehead atoms. The number of hydrogen-bond donors (Lipinski definition) is 1. The summed E-state index contributed by atoms with van der Waals surface area (Å²) in [5.41, 5.74) is 2.80. The Morgan fingerprint density at radius 3 is 2.64 bits per heavy atom. The highest BCUT2D eigenvalue weighted by atomic mass is 19.1. The average Bonchev–Trinajstić information content (AvgIpc) is 2.48. The van der Waals surface area contributed by atoms with Crippen molar-refractivity contribution < 1.29 is 9.18 Å². The second kappa shape index (κ2) is 7.59. The summed E-state index contributed by atoms with van der Waals surface area (Å²) in [6.45, 7) is 5.57. The Bertz CT molecular complexity index is 642. The van der Waals surface area contributed by atoms with Gasteiger partial charge in [-0.1, -0.05) is 18.2 Å². The van der Waals surface area contributed by atoms with Crippen LogP contribution >= 0.6 is 0 Å². The standard InChI is InChI=1S/C18H21FN2O/c1-3-21(17-9-4-6-14(2)12-17)11-10-18(22)20-16-8-5-7-15(19)13-16/h4-9,12-13H,3,10-11H2,1-2H3,(H,20,22). The molecule has 0 unspecified atom stereocenters. The van der Waals surface area contributed by atoms with Gasteiger partial charge in [-0.3, -0.25) is 4.79 Å². The highest BCUT2D eigenvalue weighted by Gasteiger charge is 2.08. The molecule has 22 heavy (non-hydrogen) atoms. The van der Waals surface area contributed by atoms with E-state index in [1.165, 1.54) is 17.7 Å². The second-order valence-corrected chi connectivity index (χ2v) is 5.23. The number of nitrogens with zero attached hydrogens (tertiary/aromatic N) is 1. The normalized spacial score (nSPS) is 10.3. The number of benzene rings is 2. The van der Waals surface area contributed by atoms with Crippen LogP contribution < -0.4 is 10.2 Å². The first-order chi connectivity index (χ1) is 10.6. The molecule has 4 heteroatoms. The van der Waals surface area contributed by atoms with Gasteiger partial charge in [-0.2, -0.15) is 0 Å². The number of hydrogen-bond acceptors (Lipinski definition) is 2. The predicted octanol–water partition coefficient (Wildman–Crippen LogP) is 3.99. The van der Waals surface area contributed by atoms with Crippen LogP contribution in [0.4, 0.5) is 15.8 Å². The molecule has 3 nitrogen and oxygen atoms in total. The molecule has 0 aliphatic rings. The minimum Gasteiger partial charge on any atom is -0.371 e. The Balaban J connectivity index is 1.91. The maximum atomic E-state index is 13.1. The summed E-state index contributed by atoms with van der Waals surface area (Å²) >= 11 is 0. The van der Waals surface area contributed by atoms with Crippen molar-refractivity contribution in [2.75, 3.05) is 23.3 Å². The molecule has 1 N–H and O–H groups in total. The number of halogens is 1. The Hall–Kier alpha value is -2.36. The SMILES string of the molecule is CCN(CCC(=O)Nc1cccc(F)c1)c1cccc(C)c1. The third-order valence-corrected chi connectivity index (χ3v) is 3.47. The third kappa shape index (κ3) is 4.58. The van der Waals surface area contributed by atoms with Gasteiger partial charge in [0, 0.05) is 30.9 Å². The number of amides is 1. The first-order valence-corrected chi connectivity index (χ1v) is 7.45. The number of aryl methyl sites for hydroxylation is 1. The van der Waals surface area contributed by atoms with E-state index in [1.807, 2.05) is 25.1 Å². The largest absolute Gasteiger partial charge is 0.371 e. The number of anilines is 2. The van der Waals surface area contributed by atoms with Crippen LogP contribution in [0, 0.1) is 12.7 Å². The maximum Gasteiger partial charge on any atom is 0.226 e. The molecule has 0 fully saturated rings. The minimum atomic E-state index is -0.354. The van der Waals surface area contributed by atoms with E-state index in [2.05, 4.69) is 23.2 Å². The van der Waals surface area contributed by atoms with E-state index in [9.17, 15) is 9.18 Å². The number of nitrogens with one attached hydrogen (secondary N) is 1. The van der Waals surface area contributed by atoms with Gasteiger partial charge in [0.15, 0.2) is 0 Å². The summed E-state index contributed by atoms with van der Waals surface area (Å²) in [7, 11) is 0. The van der Waals surface area contributed by atoms with Crippen molar-refractivity contribution in [2.45, 2.75) is 20.3 Å². The number of carbonyl (C=O) groups excluding carboxylic acids is 1. The van der Waals surface area contributed by atoms with E-state index in [0.29, 0.717) is 18.7 Å². The zero-order chi connectivity index (χ0) is 15.9. The lowest BCUT2D eigenvalue weighted by Gasteiger charge is -2.23. The van der Waals surface area contributed by atoms with Crippen LogP contribution in [0.3, 0.4) is 0 Å². The molecular formula is C18H21FN2O. The summed E-state index contributed by atoms with van der Waals surface area (Å²) in [6, 6.07) is 14.1. The van der Waals surface area contributed by atoms with E-state index in [1.54, 1.807) is 12.1 Å². The van der Waals surface area contributed by atoms with Gasteiger partial charge in [-0.15, -0.1) is 0 Å². The van der Waals surface area contributed by atoms with Gasteiger partial charge in [0.25, 0.3) is 0 Å². The fraction of sp³-hybridized carbons (Fsp3) is 0.278. The zero-order valence-electron chi connectivity index (χ0n) is 13.0. The Labute approximate surface area is 130 Å². The first kappa shape index (κ1) is 16.0. The molecule has 2 aromatic rings. The van der Waals surface area contributed by atoms with Crippen LogP contribution in [0.1, 0.15) is 18.9 Å². The van der Waals surface area contributed by atoms with Crippen molar-refractivity contribution in [3.8, 4) is 0 Å². The number of carbonyl (C=O) groups is 1.